The van der Waals surface area contributed by atoms with Crippen LogP contribution < -0.4 is 15.6 Å². The summed E-state index contributed by atoms with van der Waals surface area (Å²) in [4.78, 5) is 24.0. The Morgan fingerprint density at radius 3 is 2.56 bits per heavy atom. The molecule has 0 aliphatic carbocycles. The molecule has 7 nitrogen and oxygen atoms in total. The SMILES string of the molecule is Cc1ccccc1OCCC(=O)NNC(=O)c1cc(-c2ccccc2)n[nH]1. The lowest BCUT2D eigenvalue weighted by molar-refractivity contribution is -0.122. The number of hydrogen-bond donors (Lipinski definition) is 3. The van der Waals surface area contributed by atoms with E-state index in [2.05, 4.69) is 21.0 Å². The molecule has 0 radical (unpaired) electrons. The molecule has 3 aromatic rings. The van der Waals surface area contributed by atoms with Crippen molar-refractivity contribution in [2.75, 3.05) is 6.61 Å². The van der Waals surface area contributed by atoms with Crippen molar-refractivity contribution in [2.45, 2.75) is 13.3 Å². The van der Waals surface area contributed by atoms with E-state index >= 15 is 0 Å². The summed E-state index contributed by atoms with van der Waals surface area (Å²) in [6, 6.07) is 18.7. The van der Waals surface area contributed by atoms with Gasteiger partial charge in [-0.05, 0) is 24.6 Å². The van der Waals surface area contributed by atoms with E-state index in [1.54, 1.807) is 6.07 Å². The van der Waals surface area contributed by atoms with Crippen molar-refractivity contribution >= 4 is 11.8 Å². The van der Waals surface area contributed by atoms with E-state index in [1.165, 1.54) is 0 Å². The number of carbonyl (C=O) groups excluding carboxylic acids is 2. The van der Waals surface area contributed by atoms with Crippen molar-refractivity contribution in [1.29, 1.82) is 0 Å². The lowest BCUT2D eigenvalue weighted by Crippen LogP contribution is -2.42. The number of amides is 2. The number of aromatic amines is 1. The van der Waals surface area contributed by atoms with Crippen molar-refractivity contribution in [3.63, 3.8) is 0 Å². The van der Waals surface area contributed by atoms with Crippen LogP contribution in [0.3, 0.4) is 0 Å². The zero-order valence-electron chi connectivity index (χ0n) is 14.9. The minimum Gasteiger partial charge on any atom is -0.493 e. The number of benzene rings is 2. The number of carbonyl (C=O) groups is 2. The van der Waals surface area contributed by atoms with Gasteiger partial charge in [0.15, 0.2) is 0 Å². The highest BCUT2D eigenvalue weighted by Crippen LogP contribution is 2.17. The summed E-state index contributed by atoms with van der Waals surface area (Å²) in [5.74, 6) is -0.0853. The summed E-state index contributed by atoms with van der Waals surface area (Å²) in [7, 11) is 0. The average molecular weight is 364 g/mol. The Morgan fingerprint density at radius 2 is 1.78 bits per heavy atom. The second-order valence-electron chi connectivity index (χ2n) is 5.90. The largest absolute Gasteiger partial charge is 0.493 e. The molecular formula is C20H20N4O3. The molecule has 2 amide bonds. The van der Waals surface area contributed by atoms with Gasteiger partial charge >= 0.3 is 0 Å². The molecule has 0 bridgehead atoms. The fourth-order valence-electron chi connectivity index (χ4n) is 2.42. The van der Waals surface area contributed by atoms with Crippen LogP contribution in [0.5, 0.6) is 5.75 Å². The maximum Gasteiger partial charge on any atom is 0.287 e. The topological polar surface area (TPSA) is 96.1 Å². The van der Waals surface area contributed by atoms with Crippen LogP contribution >= 0.6 is 0 Å². The van der Waals surface area contributed by atoms with E-state index in [1.807, 2.05) is 61.5 Å². The number of aryl methyl sites for hydroxylation is 1. The van der Waals surface area contributed by atoms with E-state index in [9.17, 15) is 9.59 Å². The first-order chi connectivity index (χ1) is 13.1. The van der Waals surface area contributed by atoms with Crippen molar-refractivity contribution in [1.82, 2.24) is 21.0 Å². The van der Waals surface area contributed by atoms with Crippen LogP contribution in [0.25, 0.3) is 11.3 Å². The van der Waals surface area contributed by atoms with Gasteiger partial charge in [-0.25, -0.2) is 0 Å². The summed E-state index contributed by atoms with van der Waals surface area (Å²) < 4.78 is 5.56. The van der Waals surface area contributed by atoms with Gasteiger partial charge in [0, 0.05) is 5.56 Å². The van der Waals surface area contributed by atoms with Gasteiger partial charge < -0.3 is 4.74 Å². The van der Waals surface area contributed by atoms with E-state index in [0.29, 0.717) is 5.69 Å². The third kappa shape index (κ3) is 4.94. The first-order valence-electron chi connectivity index (χ1n) is 8.52. The van der Waals surface area contributed by atoms with Gasteiger partial charge in [-0.1, -0.05) is 48.5 Å². The molecule has 0 aliphatic rings. The lowest BCUT2D eigenvalue weighted by Gasteiger charge is -2.09. The van der Waals surface area contributed by atoms with Crippen molar-refractivity contribution in [3.05, 3.63) is 71.9 Å². The van der Waals surface area contributed by atoms with Gasteiger partial charge in [0.2, 0.25) is 5.91 Å². The number of para-hydroxylation sites is 1. The van der Waals surface area contributed by atoms with Gasteiger partial charge in [0.1, 0.15) is 11.4 Å². The summed E-state index contributed by atoms with van der Waals surface area (Å²) in [6.45, 7) is 2.15. The number of hydrogen-bond acceptors (Lipinski definition) is 4. The minimum absolute atomic E-state index is 0.118. The molecule has 0 spiro atoms. The average Bonchev–Trinajstić information content (AvgIpc) is 3.19. The Morgan fingerprint density at radius 1 is 1.04 bits per heavy atom. The van der Waals surface area contributed by atoms with E-state index < -0.39 is 5.91 Å². The Bertz CT molecular complexity index is 922. The minimum atomic E-state index is -0.474. The molecular weight excluding hydrogens is 344 g/mol. The zero-order valence-corrected chi connectivity index (χ0v) is 14.9. The number of ether oxygens (including phenoxy) is 1. The molecule has 138 valence electrons. The van der Waals surface area contributed by atoms with Gasteiger partial charge in [0.25, 0.3) is 5.91 Å². The smallest absolute Gasteiger partial charge is 0.287 e. The summed E-state index contributed by atoms with van der Waals surface area (Å²) in [5.41, 5.74) is 7.52. The third-order valence-electron chi connectivity index (χ3n) is 3.89. The molecule has 0 aliphatic heterocycles. The Kier molecular flexibility index (Phi) is 5.84. The quantitative estimate of drug-likeness (QED) is 0.586. The van der Waals surface area contributed by atoms with Crippen molar-refractivity contribution in [2.24, 2.45) is 0 Å². The first kappa shape index (κ1) is 18.2. The summed E-state index contributed by atoms with van der Waals surface area (Å²) in [6.07, 6.45) is 0.118. The van der Waals surface area contributed by atoms with Crippen LogP contribution in [0.1, 0.15) is 22.5 Å². The maximum absolute atomic E-state index is 12.1. The number of aromatic nitrogens is 2. The fraction of sp³-hybridized carbons (Fsp3) is 0.150. The highest BCUT2D eigenvalue weighted by Gasteiger charge is 2.12. The highest BCUT2D eigenvalue weighted by atomic mass is 16.5. The van der Waals surface area contributed by atoms with Crippen LogP contribution in [0.4, 0.5) is 0 Å². The second kappa shape index (κ2) is 8.66. The highest BCUT2D eigenvalue weighted by molar-refractivity contribution is 5.94. The summed E-state index contributed by atoms with van der Waals surface area (Å²) in [5, 5.41) is 6.77. The Hall–Kier alpha value is -3.61. The summed E-state index contributed by atoms with van der Waals surface area (Å²) >= 11 is 0. The number of nitrogens with one attached hydrogen (secondary N) is 3. The number of hydrazine groups is 1. The van der Waals surface area contributed by atoms with Crippen LogP contribution in [0.15, 0.2) is 60.7 Å². The molecule has 1 aromatic heterocycles. The molecule has 2 aromatic carbocycles. The van der Waals surface area contributed by atoms with Crippen LogP contribution in [0.2, 0.25) is 0 Å². The van der Waals surface area contributed by atoms with Gasteiger partial charge in [-0.3, -0.25) is 25.5 Å². The van der Waals surface area contributed by atoms with E-state index in [4.69, 9.17) is 4.74 Å². The molecule has 7 heteroatoms. The molecule has 0 saturated carbocycles. The monoisotopic (exact) mass is 364 g/mol. The third-order valence-corrected chi connectivity index (χ3v) is 3.89. The number of nitrogens with zero attached hydrogens (tertiary/aromatic N) is 1. The molecule has 3 rings (SSSR count). The number of rotatable bonds is 6. The molecule has 0 unspecified atom stereocenters. The molecule has 0 saturated heterocycles. The Labute approximate surface area is 156 Å². The predicted molar refractivity (Wildman–Crippen MR) is 101 cm³/mol. The molecule has 0 atom stereocenters. The van der Waals surface area contributed by atoms with Crippen molar-refractivity contribution < 1.29 is 14.3 Å². The molecule has 1 heterocycles. The molecule has 27 heavy (non-hydrogen) atoms. The number of H-pyrrole nitrogens is 1. The van der Waals surface area contributed by atoms with Gasteiger partial charge in [-0.15, -0.1) is 0 Å². The molecule has 0 fully saturated rings. The lowest BCUT2D eigenvalue weighted by atomic mass is 10.1. The van der Waals surface area contributed by atoms with Crippen LogP contribution in [-0.4, -0.2) is 28.6 Å². The van der Waals surface area contributed by atoms with Crippen LogP contribution in [0, 0.1) is 6.92 Å². The van der Waals surface area contributed by atoms with Crippen molar-refractivity contribution in [3.8, 4) is 17.0 Å². The van der Waals surface area contributed by atoms with Gasteiger partial charge in [-0.2, -0.15) is 5.10 Å². The fourth-order valence-corrected chi connectivity index (χ4v) is 2.42. The second-order valence-corrected chi connectivity index (χ2v) is 5.90. The molecule has 3 N–H and O–H groups in total. The standard InChI is InChI=1S/C20H20N4O3/c1-14-7-5-6-10-18(14)27-12-11-19(25)23-24-20(26)17-13-16(21-22-17)15-8-3-2-4-9-15/h2-10,13H,11-12H2,1H3,(H,21,22)(H,23,25)(H,24,26). The Balaban J connectivity index is 1.44. The normalized spacial score (nSPS) is 10.3. The first-order valence-corrected chi connectivity index (χ1v) is 8.52. The van der Waals surface area contributed by atoms with E-state index in [-0.39, 0.29) is 24.6 Å². The van der Waals surface area contributed by atoms with Gasteiger partial charge in [0.05, 0.1) is 18.7 Å². The maximum atomic E-state index is 12.1. The predicted octanol–water partition coefficient (Wildman–Crippen LogP) is 2.62. The zero-order chi connectivity index (χ0) is 19.1. The van der Waals surface area contributed by atoms with E-state index in [0.717, 1.165) is 16.9 Å². The van der Waals surface area contributed by atoms with Crippen LogP contribution in [-0.2, 0) is 4.79 Å².